The van der Waals surface area contributed by atoms with Crippen molar-refractivity contribution in [1.82, 2.24) is 14.5 Å². The average Bonchev–Trinajstić information content (AvgIpc) is 2.66. The van der Waals surface area contributed by atoms with Crippen LogP contribution >= 0.6 is 0 Å². The summed E-state index contributed by atoms with van der Waals surface area (Å²) < 4.78 is 1.64. The zero-order valence-corrected chi connectivity index (χ0v) is 8.79. The number of carboxylic acid groups (broad SMARTS) is 1. The zero-order chi connectivity index (χ0) is 11.5. The molecule has 2 aromatic rings. The largest absolute Gasteiger partial charge is 0.477 e. The van der Waals surface area contributed by atoms with Gasteiger partial charge >= 0.3 is 5.97 Å². The summed E-state index contributed by atoms with van der Waals surface area (Å²) in [6.45, 7) is 2.25. The maximum Gasteiger partial charge on any atom is 0.352 e. The summed E-state index contributed by atoms with van der Waals surface area (Å²) in [5, 5.41) is 8.93. The van der Waals surface area contributed by atoms with E-state index in [1.54, 1.807) is 42.1 Å². The molecule has 0 atom stereocenters. The fraction of sp³-hybridized carbons (Fsp3) is 0.182. The van der Waals surface area contributed by atoms with Gasteiger partial charge in [0.1, 0.15) is 11.5 Å². The molecule has 2 heterocycles. The number of hydrogen-bond donors (Lipinski definition) is 1. The molecular weight excluding hydrogens is 206 g/mol. The van der Waals surface area contributed by atoms with Gasteiger partial charge in [0.05, 0.1) is 12.2 Å². The van der Waals surface area contributed by atoms with Crippen LogP contribution in [0.25, 0.3) is 0 Å². The number of hydrogen-bond acceptors (Lipinski definition) is 3. The Labute approximate surface area is 92.4 Å². The van der Waals surface area contributed by atoms with Crippen molar-refractivity contribution in [2.45, 2.75) is 13.5 Å². The molecule has 0 unspecified atom stereocenters. The number of carboxylic acids is 1. The number of rotatable bonds is 3. The Balaban J connectivity index is 2.27. The van der Waals surface area contributed by atoms with Gasteiger partial charge in [0, 0.05) is 12.4 Å². The predicted molar refractivity (Wildman–Crippen MR) is 57.3 cm³/mol. The van der Waals surface area contributed by atoms with Crippen LogP contribution in [0, 0.1) is 6.92 Å². The summed E-state index contributed by atoms with van der Waals surface area (Å²) in [5.41, 5.74) is 1.06. The van der Waals surface area contributed by atoms with Crippen molar-refractivity contribution in [3.8, 4) is 0 Å². The quantitative estimate of drug-likeness (QED) is 0.842. The van der Waals surface area contributed by atoms with Crippen LogP contribution < -0.4 is 0 Å². The molecule has 0 aliphatic rings. The lowest BCUT2D eigenvalue weighted by molar-refractivity contribution is 0.0685. The summed E-state index contributed by atoms with van der Waals surface area (Å²) in [5.74, 6) is -0.252. The maximum atomic E-state index is 10.9. The van der Waals surface area contributed by atoms with E-state index in [1.165, 1.54) is 0 Å². The number of aromatic nitrogens is 3. The van der Waals surface area contributed by atoms with Crippen LogP contribution in [-0.4, -0.2) is 25.6 Å². The molecule has 5 nitrogen and oxygen atoms in total. The second-order valence-electron chi connectivity index (χ2n) is 3.42. The van der Waals surface area contributed by atoms with Crippen LogP contribution in [0.4, 0.5) is 0 Å². The van der Waals surface area contributed by atoms with E-state index in [-0.39, 0.29) is 5.69 Å². The minimum absolute atomic E-state index is 0.260. The van der Waals surface area contributed by atoms with Crippen molar-refractivity contribution in [1.29, 1.82) is 0 Å². The number of carbonyl (C=O) groups is 1. The molecule has 5 heteroatoms. The third-order valence-electron chi connectivity index (χ3n) is 2.21. The number of nitrogens with zero attached hydrogens (tertiary/aromatic N) is 3. The van der Waals surface area contributed by atoms with Crippen LogP contribution in [0.3, 0.4) is 0 Å². The predicted octanol–water partition coefficient (Wildman–Crippen LogP) is 1.33. The molecule has 0 fully saturated rings. The van der Waals surface area contributed by atoms with Crippen molar-refractivity contribution in [2.24, 2.45) is 0 Å². The summed E-state index contributed by atoms with van der Waals surface area (Å²) in [6, 6.07) is 5.05. The second kappa shape index (κ2) is 4.14. The van der Waals surface area contributed by atoms with Crippen LogP contribution in [0.1, 0.15) is 22.0 Å². The first-order valence-corrected chi connectivity index (χ1v) is 4.84. The normalized spacial score (nSPS) is 10.3. The third kappa shape index (κ3) is 2.08. The highest BCUT2D eigenvalue weighted by atomic mass is 16.4. The fourth-order valence-electron chi connectivity index (χ4n) is 1.51. The maximum absolute atomic E-state index is 10.9. The number of aryl methyl sites for hydroxylation is 1. The summed E-state index contributed by atoms with van der Waals surface area (Å²) in [7, 11) is 0. The lowest BCUT2D eigenvalue weighted by atomic mass is 10.3. The molecule has 2 aromatic heterocycles. The van der Waals surface area contributed by atoms with Gasteiger partial charge in [-0.1, -0.05) is 0 Å². The van der Waals surface area contributed by atoms with Gasteiger partial charge in [-0.15, -0.1) is 0 Å². The van der Waals surface area contributed by atoms with Gasteiger partial charge in [-0.25, -0.2) is 14.8 Å². The first-order chi connectivity index (χ1) is 7.66. The Bertz CT molecular complexity index is 519. The molecule has 1 N–H and O–H groups in total. The van der Waals surface area contributed by atoms with E-state index >= 15 is 0 Å². The van der Waals surface area contributed by atoms with Crippen molar-refractivity contribution in [3.63, 3.8) is 0 Å². The lowest BCUT2D eigenvalue weighted by Gasteiger charge is -2.05. The van der Waals surface area contributed by atoms with E-state index < -0.39 is 5.97 Å². The molecular formula is C11H11N3O2. The standard InChI is InChI=1S/C11H11N3O2/c1-8-12-5-4-9(13-8)7-14-6-2-3-10(14)11(15)16/h2-6H,7H2,1H3,(H,15,16). The highest BCUT2D eigenvalue weighted by Crippen LogP contribution is 2.06. The molecule has 0 radical (unpaired) electrons. The van der Waals surface area contributed by atoms with Crippen molar-refractivity contribution < 1.29 is 9.90 Å². The monoisotopic (exact) mass is 217 g/mol. The molecule has 0 aliphatic carbocycles. The van der Waals surface area contributed by atoms with Gasteiger partial charge in [-0.3, -0.25) is 0 Å². The Morgan fingerprint density at radius 1 is 1.50 bits per heavy atom. The molecule has 0 amide bonds. The highest BCUT2D eigenvalue weighted by molar-refractivity contribution is 5.85. The van der Waals surface area contributed by atoms with E-state index in [0.29, 0.717) is 12.4 Å². The zero-order valence-electron chi connectivity index (χ0n) is 8.79. The van der Waals surface area contributed by atoms with E-state index in [2.05, 4.69) is 9.97 Å². The van der Waals surface area contributed by atoms with Gasteiger partial charge in [0.2, 0.25) is 0 Å². The fourth-order valence-corrected chi connectivity index (χ4v) is 1.51. The van der Waals surface area contributed by atoms with Gasteiger partial charge < -0.3 is 9.67 Å². The first-order valence-electron chi connectivity index (χ1n) is 4.84. The molecule has 0 saturated carbocycles. The van der Waals surface area contributed by atoms with E-state index in [9.17, 15) is 4.79 Å². The topological polar surface area (TPSA) is 68.0 Å². The minimum atomic E-state index is -0.934. The summed E-state index contributed by atoms with van der Waals surface area (Å²) in [4.78, 5) is 19.1. The van der Waals surface area contributed by atoms with Gasteiger partial charge in [0.15, 0.2) is 0 Å². The molecule has 0 saturated heterocycles. The van der Waals surface area contributed by atoms with Gasteiger partial charge in [0.25, 0.3) is 0 Å². The molecule has 16 heavy (non-hydrogen) atoms. The van der Waals surface area contributed by atoms with Crippen LogP contribution in [-0.2, 0) is 6.54 Å². The molecule has 0 aromatic carbocycles. The van der Waals surface area contributed by atoms with Crippen molar-refractivity contribution >= 4 is 5.97 Å². The van der Waals surface area contributed by atoms with Crippen molar-refractivity contribution in [3.05, 3.63) is 47.8 Å². The smallest absolute Gasteiger partial charge is 0.352 e. The Kier molecular flexibility index (Phi) is 2.68. The average molecular weight is 217 g/mol. The van der Waals surface area contributed by atoms with E-state index in [4.69, 9.17) is 5.11 Å². The second-order valence-corrected chi connectivity index (χ2v) is 3.42. The van der Waals surface area contributed by atoms with Crippen LogP contribution in [0.5, 0.6) is 0 Å². The first kappa shape index (κ1) is 10.4. The highest BCUT2D eigenvalue weighted by Gasteiger charge is 2.09. The Hall–Kier alpha value is -2.17. The van der Waals surface area contributed by atoms with Crippen LogP contribution in [0.15, 0.2) is 30.6 Å². The van der Waals surface area contributed by atoms with Crippen molar-refractivity contribution in [2.75, 3.05) is 0 Å². The van der Waals surface area contributed by atoms with Crippen LogP contribution in [0.2, 0.25) is 0 Å². The molecule has 0 bridgehead atoms. The molecule has 0 aliphatic heterocycles. The SMILES string of the molecule is Cc1nccc(Cn2cccc2C(=O)O)n1. The van der Waals surface area contributed by atoms with Gasteiger partial charge in [-0.2, -0.15) is 0 Å². The van der Waals surface area contributed by atoms with Gasteiger partial charge in [-0.05, 0) is 25.1 Å². The Morgan fingerprint density at radius 3 is 3.00 bits per heavy atom. The lowest BCUT2D eigenvalue weighted by Crippen LogP contribution is -2.09. The van der Waals surface area contributed by atoms with E-state index in [0.717, 1.165) is 5.69 Å². The Morgan fingerprint density at radius 2 is 2.31 bits per heavy atom. The minimum Gasteiger partial charge on any atom is -0.477 e. The summed E-state index contributed by atoms with van der Waals surface area (Å²) >= 11 is 0. The third-order valence-corrected chi connectivity index (χ3v) is 2.21. The van der Waals surface area contributed by atoms with E-state index in [1.807, 2.05) is 0 Å². The number of aromatic carboxylic acids is 1. The molecule has 82 valence electrons. The molecule has 2 rings (SSSR count). The molecule has 0 spiro atoms. The summed E-state index contributed by atoms with van der Waals surface area (Å²) in [6.07, 6.45) is 3.39.